The minimum atomic E-state index is -2.34. The number of halogens is 2. The van der Waals surface area contributed by atoms with Gasteiger partial charge >= 0.3 is 0 Å². The van der Waals surface area contributed by atoms with Crippen molar-refractivity contribution >= 4 is 0 Å². The number of H-pyrrole nitrogens is 1. The summed E-state index contributed by atoms with van der Waals surface area (Å²) in [5, 5.41) is 9.53. The average Bonchev–Trinajstić information content (AvgIpc) is 2.90. The second kappa shape index (κ2) is 5.73. The van der Waals surface area contributed by atoms with Crippen LogP contribution in [-0.4, -0.2) is 22.7 Å². The van der Waals surface area contributed by atoms with E-state index in [1.165, 1.54) is 6.92 Å². The molecule has 0 saturated heterocycles. The summed E-state index contributed by atoms with van der Waals surface area (Å²) in [4.78, 5) is 0. The highest BCUT2D eigenvalue weighted by atomic mass is 19.3. The summed E-state index contributed by atoms with van der Waals surface area (Å²) in [7, 11) is 0. The van der Waals surface area contributed by atoms with Gasteiger partial charge in [-0.25, -0.2) is 8.78 Å². The van der Waals surface area contributed by atoms with Crippen LogP contribution in [0.3, 0.4) is 0 Å². The molecule has 0 radical (unpaired) electrons. The Kier molecular flexibility index (Phi) is 4.04. The molecule has 1 aromatic heterocycles. The SMILES string of the molecule is CC(NCc1ccc(-c2ccn[nH]2)cc1)C(F)F. The molecule has 0 fully saturated rings. The summed E-state index contributed by atoms with van der Waals surface area (Å²) in [5.41, 5.74) is 2.94. The van der Waals surface area contributed by atoms with Gasteiger partial charge in [0.1, 0.15) is 0 Å². The van der Waals surface area contributed by atoms with E-state index in [-0.39, 0.29) is 0 Å². The van der Waals surface area contributed by atoms with Crippen molar-refractivity contribution in [2.75, 3.05) is 0 Å². The van der Waals surface area contributed by atoms with Gasteiger partial charge in [0.15, 0.2) is 0 Å². The molecule has 1 atom stereocenters. The molecule has 5 heteroatoms. The predicted octanol–water partition coefficient (Wildman–Crippen LogP) is 2.82. The lowest BCUT2D eigenvalue weighted by atomic mass is 10.1. The minimum absolute atomic E-state index is 0.439. The van der Waals surface area contributed by atoms with Gasteiger partial charge < -0.3 is 5.32 Å². The summed E-state index contributed by atoms with van der Waals surface area (Å²) in [6.45, 7) is 1.92. The number of benzene rings is 1. The fourth-order valence-electron chi connectivity index (χ4n) is 1.59. The lowest BCUT2D eigenvalue weighted by molar-refractivity contribution is 0.105. The number of nitrogens with one attached hydrogen (secondary N) is 2. The van der Waals surface area contributed by atoms with E-state index in [0.717, 1.165) is 16.8 Å². The van der Waals surface area contributed by atoms with Crippen molar-refractivity contribution in [3.8, 4) is 11.3 Å². The van der Waals surface area contributed by atoms with Gasteiger partial charge in [-0.2, -0.15) is 5.10 Å². The standard InChI is InChI=1S/C13H15F2N3/c1-9(13(14)15)16-8-10-2-4-11(5-3-10)12-6-7-17-18-12/h2-7,9,13,16H,8H2,1H3,(H,17,18). The summed E-state index contributed by atoms with van der Waals surface area (Å²) in [6, 6.07) is 8.81. The Morgan fingerprint density at radius 1 is 1.22 bits per heavy atom. The van der Waals surface area contributed by atoms with Crippen LogP contribution < -0.4 is 5.32 Å². The van der Waals surface area contributed by atoms with E-state index in [1.807, 2.05) is 30.3 Å². The third-order valence-corrected chi connectivity index (χ3v) is 2.77. The lowest BCUT2D eigenvalue weighted by Crippen LogP contribution is -2.31. The van der Waals surface area contributed by atoms with E-state index in [2.05, 4.69) is 15.5 Å². The summed E-state index contributed by atoms with van der Waals surface area (Å²) >= 11 is 0. The van der Waals surface area contributed by atoms with Crippen molar-refractivity contribution in [1.82, 2.24) is 15.5 Å². The molecule has 2 aromatic rings. The predicted molar refractivity (Wildman–Crippen MR) is 66.3 cm³/mol. The third kappa shape index (κ3) is 3.13. The fraction of sp³-hybridized carbons (Fsp3) is 0.308. The molecule has 0 aliphatic carbocycles. The monoisotopic (exact) mass is 251 g/mol. The molecule has 2 rings (SSSR count). The Morgan fingerprint density at radius 3 is 2.50 bits per heavy atom. The summed E-state index contributed by atoms with van der Waals surface area (Å²) in [5.74, 6) is 0. The Bertz CT molecular complexity index is 465. The Balaban J connectivity index is 1.96. The lowest BCUT2D eigenvalue weighted by Gasteiger charge is -2.12. The topological polar surface area (TPSA) is 40.7 Å². The van der Waals surface area contributed by atoms with Crippen LogP contribution in [0.2, 0.25) is 0 Å². The van der Waals surface area contributed by atoms with Crippen molar-refractivity contribution in [3.05, 3.63) is 42.1 Å². The first kappa shape index (κ1) is 12.7. The van der Waals surface area contributed by atoms with Gasteiger partial charge in [0.25, 0.3) is 6.43 Å². The van der Waals surface area contributed by atoms with Crippen molar-refractivity contribution in [2.24, 2.45) is 0 Å². The molecular weight excluding hydrogens is 236 g/mol. The van der Waals surface area contributed by atoms with Crippen LogP contribution in [0, 0.1) is 0 Å². The number of aromatic nitrogens is 2. The van der Waals surface area contributed by atoms with Crippen molar-refractivity contribution in [1.29, 1.82) is 0 Å². The maximum Gasteiger partial charge on any atom is 0.253 e. The number of nitrogens with zero attached hydrogens (tertiary/aromatic N) is 1. The molecule has 0 saturated carbocycles. The molecule has 2 N–H and O–H groups in total. The van der Waals surface area contributed by atoms with Crippen LogP contribution in [0.1, 0.15) is 12.5 Å². The van der Waals surface area contributed by atoms with E-state index >= 15 is 0 Å². The molecule has 0 spiro atoms. The zero-order chi connectivity index (χ0) is 13.0. The molecule has 0 amide bonds. The van der Waals surface area contributed by atoms with Crippen molar-refractivity contribution in [2.45, 2.75) is 25.9 Å². The molecule has 3 nitrogen and oxygen atoms in total. The van der Waals surface area contributed by atoms with Gasteiger partial charge in [-0.1, -0.05) is 24.3 Å². The first-order valence-corrected chi connectivity index (χ1v) is 5.77. The molecule has 0 bridgehead atoms. The van der Waals surface area contributed by atoms with Gasteiger partial charge in [0.2, 0.25) is 0 Å². The van der Waals surface area contributed by atoms with Crippen LogP contribution in [0.5, 0.6) is 0 Å². The van der Waals surface area contributed by atoms with Gasteiger partial charge in [-0.05, 0) is 24.1 Å². The zero-order valence-electron chi connectivity index (χ0n) is 10.0. The Hall–Kier alpha value is -1.75. The number of alkyl halides is 2. The third-order valence-electron chi connectivity index (χ3n) is 2.77. The zero-order valence-corrected chi connectivity index (χ0v) is 10.0. The largest absolute Gasteiger partial charge is 0.305 e. The number of rotatable bonds is 5. The van der Waals surface area contributed by atoms with Crippen LogP contribution in [-0.2, 0) is 6.54 Å². The van der Waals surface area contributed by atoms with E-state index in [4.69, 9.17) is 0 Å². The number of hydrogen-bond acceptors (Lipinski definition) is 2. The van der Waals surface area contributed by atoms with Gasteiger partial charge in [-0.3, -0.25) is 5.10 Å². The highest BCUT2D eigenvalue weighted by molar-refractivity contribution is 5.58. The highest BCUT2D eigenvalue weighted by Gasteiger charge is 2.13. The van der Waals surface area contributed by atoms with E-state index < -0.39 is 12.5 Å². The molecule has 1 aromatic carbocycles. The molecule has 18 heavy (non-hydrogen) atoms. The van der Waals surface area contributed by atoms with E-state index in [0.29, 0.717) is 6.54 Å². The van der Waals surface area contributed by atoms with Crippen LogP contribution in [0.4, 0.5) is 8.78 Å². The van der Waals surface area contributed by atoms with Gasteiger partial charge in [0.05, 0.1) is 11.7 Å². The molecule has 0 aliphatic rings. The van der Waals surface area contributed by atoms with E-state index in [9.17, 15) is 8.78 Å². The van der Waals surface area contributed by atoms with Crippen LogP contribution in [0.25, 0.3) is 11.3 Å². The summed E-state index contributed by atoms with van der Waals surface area (Å²) < 4.78 is 24.6. The average molecular weight is 251 g/mol. The second-order valence-corrected chi connectivity index (χ2v) is 4.17. The molecule has 96 valence electrons. The van der Waals surface area contributed by atoms with Gasteiger partial charge in [-0.15, -0.1) is 0 Å². The maximum atomic E-state index is 12.3. The van der Waals surface area contributed by atoms with Crippen LogP contribution >= 0.6 is 0 Å². The molecule has 0 aliphatic heterocycles. The number of hydrogen-bond donors (Lipinski definition) is 2. The first-order chi connectivity index (χ1) is 8.66. The van der Waals surface area contributed by atoms with Crippen molar-refractivity contribution < 1.29 is 8.78 Å². The van der Waals surface area contributed by atoms with Crippen molar-refractivity contribution in [3.63, 3.8) is 0 Å². The number of aromatic amines is 1. The molecule has 1 unspecified atom stereocenters. The highest BCUT2D eigenvalue weighted by Crippen LogP contribution is 2.16. The van der Waals surface area contributed by atoms with Crippen LogP contribution in [0.15, 0.2) is 36.5 Å². The van der Waals surface area contributed by atoms with Gasteiger partial charge in [0, 0.05) is 12.7 Å². The molecule has 1 heterocycles. The maximum absolute atomic E-state index is 12.3. The Morgan fingerprint density at radius 2 is 1.94 bits per heavy atom. The smallest absolute Gasteiger partial charge is 0.253 e. The first-order valence-electron chi connectivity index (χ1n) is 5.77. The summed E-state index contributed by atoms with van der Waals surface area (Å²) in [6.07, 6.45) is -0.649. The Labute approximate surface area is 104 Å². The second-order valence-electron chi connectivity index (χ2n) is 4.17. The fourth-order valence-corrected chi connectivity index (χ4v) is 1.59. The minimum Gasteiger partial charge on any atom is -0.305 e. The quantitative estimate of drug-likeness (QED) is 0.858. The molecular formula is C13H15F2N3. The van der Waals surface area contributed by atoms with E-state index in [1.54, 1.807) is 6.20 Å². The normalized spacial score (nSPS) is 12.9.